The Bertz CT molecular complexity index is 1260. The quantitative estimate of drug-likeness (QED) is 0.296. The molecular weight excluding hydrogens is 492 g/mol. The monoisotopic (exact) mass is 528 g/mol. The molecule has 2 aliphatic rings. The molecule has 0 saturated heterocycles. The number of nitrogens with zero attached hydrogens (tertiary/aromatic N) is 4. The predicted molar refractivity (Wildman–Crippen MR) is 144 cm³/mol. The van der Waals surface area contributed by atoms with Gasteiger partial charge in [-0.2, -0.15) is 4.98 Å². The lowest BCUT2D eigenvalue weighted by Gasteiger charge is -2.32. The van der Waals surface area contributed by atoms with Gasteiger partial charge in [0.1, 0.15) is 22.4 Å². The van der Waals surface area contributed by atoms with Crippen LogP contribution in [0.1, 0.15) is 50.4 Å². The van der Waals surface area contributed by atoms with Crippen molar-refractivity contribution in [3.8, 4) is 10.6 Å². The molecule has 2 aliphatic carbocycles. The van der Waals surface area contributed by atoms with Gasteiger partial charge in [0.05, 0.1) is 46.0 Å². The Morgan fingerprint density at radius 2 is 1.89 bits per heavy atom. The van der Waals surface area contributed by atoms with E-state index < -0.39 is 29.8 Å². The van der Waals surface area contributed by atoms with E-state index >= 15 is 0 Å². The van der Waals surface area contributed by atoms with Crippen LogP contribution in [0.15, 0.2) is 12.3 Å². The topological polar surface area (TPSA) is 146 Å². The summed E-state index contributed by atoms with van der Waals surface area (Å²) >= 11 is 1.54. The van der Waals surface area contributed by atoms with E-state index in [0.717, 1.165) is 45.0 Å². The molecule has 0 spiro atoms. The zero-order valence-corrected chi connectivity index (χ0v) is 22.5. The molecule has 0 unspecified atom stereocenters. The molecule has 0 aliphatic heterocycles. The van der Waals surface area contributed by atoms with Crippen LogP contribution < -0.4 is 10.6 Å². The van der Waals surface area contributed by atoms with Crippen molar-refractivity contribution in [3.05, 3.63) is 23.7 Å². The molecular formula is C26H36N6O4S. The fourth-order valence-electron chi connectivity index (χ4n) is 5.84. The average molecular weight is 529 g/mol. The fourth-order valence-corrected chi connectivity index (χ4v) is 6.95. The maximum Gasteiger partial charge on any atom is 0.225 e. The highest BCUT2D eigenvalue weighted by atomic mass is 32.1. The van der Waals surface area contributed by atoms with Gasteiger partial charge in [-0.15, -0.1) is 11.3 Å². The number of aromatic nitrogens is 4. The van der Waals surface area contributed by atoms with Gasteiger partial charge in [-0.3, -0.25) is 4.98 Å². The second-order valence-electron chi connectivity index (χ2n) is 10.5. The number of hydrogen-bond acceptors (Lipinski definition) is 11. The minimum absolute atomic E-state index is 0.0147. The van der Waals surface area contributed by atoms with Crippen LogP contribution in [-0.4, -0.2) is 78.9 Å². The smallest absolute Gasteiger partial charge is 0.225 e. The molecule has 0 aromatic carbocycles. The van der Waals surface area contributed by atoms with Gasteiger partial charge in [-0.25, -0.2) is 9.97 Å². The third kappa shape index (κ3) is 5.03. The van der Waals surface area contributed by atoms with E-state index in [-0.39, 0.29) is 6.04 Å². The van der Waals surface area contributed by atoms with Gasteiger partial charge >= 0.3 is 0 Å². The first-order chi connectivity index (χ1) is 17.7. The van der Waals surface area contributed by atoms with Crippen LogP contribution in [0.4, 0.5) is 11.8 Å². The first-order valence-electron chi connectivity index (χ1n) is 12.9. The summed E-state index contributed by atoms with van der Waals surface area (Å²) in [6.45, 7) is 6.32. The van der Waals surface area contributed by atoms with E-state index in [1.165, 1.54) is 11.3 Å². The lowest BCUT2D eigenvalue weighted by molar-refractivity contribution is -0.0763. The first kappa shape index (κ1) is 26.2. The van der Waals surface area contributed by atoms with E-state index in [0.29, 0.717) is 37.6 Å². The Morgan fingerprint density at radius 3 is 2.59 bits per heavy atom. The molecule has 5 rings (SSSR count). The molecule has 11 heteroatoms. The van der Waals surface area contributed by atoms with Crippen molar-refractivity contribution in [1.29, 1.82) is 0 Å². The summed E-state index contributed by atoms with van der Waals surface area (Å²) in [5, 5.41) is 40.5. The number of rotatable bonds is 8. The minimum atomic E-state index is -1.04. The van der Waals surface area contributed by atoms with Gasteiger partial charge in [0, 0.05) is 25.3 Å². The molecule has 2 fully saturated rings. The Labute approximate surface area is 220 Å². The standard InChI is InChI=1S/C26H36N6O4S/c1-13(12-36-4)28-25-29-14(2)19(24-31-20-15(3)27-10-7-18(20)37-24)23(32-25)30-17-11-16(21(33)22(17)34)26(35)8-5-6-9-26/h7,10,13,16-17,21-22,33-35H,5-6,8-9,11-12H2,1-4H3,(H2,28,29,30,32)/t13-,16+,17-,21-,22+/m1/s1. The lowest BCUT2D eigenvalue weighted by Crippen LogP contribution is -2.42. The molecule has 0 amide bonds. The summed E-state index contributed by atoms with van der Waals surface area (Å²) in [6.07, 6.45) is 3.33. The maximum atomic E-state index is 11.2. The number of hydrogen-bond donors (Lipinski definition) is 5. The number of ether oxygens (including phenoxy) is 1. The van der Waals surface area contributed by atoms with E-state index in [2.05, 4.69) is 15.6 Å². The summed E-state index contributed by atoms with van der Waals surface area (Å²) in [5.41, 5.74) is 2.22. The van der Waals surface area contributed by atoms with Gasteiger partial charge in [0.25, 0.3) is 0 Å². The Balaban J connectivity index is 1.52. The highest BCUT2D eigenvalue weighted by molar-refractivity contribution is 7.21. The van der Waals surface area contributed by atoms with Crippen LogP contribution in [0.3, 0.4) is 0 Å². The lowest BCUT2D eigenvalue weighted by atomic mass is 9.83. The predicted octanol–water partition coefficient (Wildman–Crippen LogP) is 3.04. The molecule has 5 N–H and O–H groups in total. The number of anilines is 2. The van der Waals surface area contributed by atoms with Crippen molar-refractivity contribution in [1.82, 2.24) is 19.9 Å². The molecule has 37 heavy (non-hydrogen) atoms. The zero-order valence-electron chi connectivity index (χ0n) is 21.7. The van der Waals surface area contributed by atoms with Crippen LogP contribution in [0.5, 0.6) is 0 Å². The van der Waals surface area contributed by atoms with Crippen molar-refractivity contribution in [2.45, 2.75) is 82.8 Å². The van der Waals surface area contributed by atoms with Gasteiger partial charge in [0.2, 0.25) is 5.95 Å². The number of aliphatic hydroxyl groups is 3. The molecule has 3 aromatic heterocycles. The second kappa shape index (κ2) is 10.4. The summed E-state index contributed by atoms with van der Waals surface area (Å²) in [4.78, 5) is 18.7. The van der Waals surface area contributed by atoms with Gasteiger partial charge < -0.3 is 30.7 Å². The molecule has 200 valence electrons. The molecule has 5 atom stereocenters. The molecule has 0 bridgehead atoms. The number of methoxy groups -OCH3 is 1. The number of aliphatic hydroxyl groups excluding tert-OH is 2. The summed E-state index contributed by atoms with van der Waals surface area (Å²) in [5.74, 6) is 0.565. The van der Waals surface area contributed by atoms with Crippen molar-refractivity contribution in [3.63, 3.8) is 0 Å². The van der Waals surface area contributed by atoms with Gasteiger partial charge in [-0.05, 0) is 46.1 Å². The minimum Gasteiger partial charge on any atom is -0.390 e. The van der Waals surface area contributed by atoms with E-state index in [1.54, 1.807) is 13.3 Å². The molecule has 2 saturated carbocycles. The molecule has 3 heterocycles. The molecule has 10 nitrogen and oxygen atoms in total. The number of thiazole rings is 1. The summed E-state index contributed by atoms with van der Waals surface area (Å²) in [7, 11) is 1.64. The van der Waals surface area contributed by atoms with E-state index in [4.69, 9.17) is 19.7 Å². The summed E-state index contributed by atoms with van der Waals surface area (Å²) in [6, 6.07) is 1.44. The van der Waals surface area contributed by atoms with Crippen LogP contribution in [0.25, 0.3) is 20.8 Å². The van der Waals surface area contributed by atoms with E-state index in [1.807, 2.05) is 26.8 Å². The molecule has 0 radical (unpaired) electrons. The summed E-state index contributed by atoms with van der Waals surface area (Å²) < 4.78 is 6.26. The SMILES string of the molecule is COC[C@@H](C)Nc1nc(C)c(-c2nc3c(C)nccc3s2)c(N[C@@H]2C[C@H](C3(O)CCCC3)[C@@H](O)[C@H]2O)n1. The number of nitrogens with one attached hydrogen (secondary N) is 2. The first-order valence-corrected chi connectivity index (χ1v) is 13.7. The maximum absolute atomic E-state index is 11.2. The van der Waals surface area contributed by atoms with Crippen molar-refractivity contribution < 1.29 is 20.1 Å². The number of aryl methyl sites for hydroxylation is 2. The molecule has 3 aromatic rings. The Kier molecular flexibility index (Phi) is 7.34. The van der Waals surface area contributed by atoms with Gasteiger partial charge in [-0.1, -0.05) is 12.8 Å². The van der Waals surface area contributed by atoms with Crippen molar-refractivity contribution in [2.24, 2.45) is 5.92 Å². The zero-order chi connectivity index (χ0) is 26.3. The van der Waals surface area contributed by atoms with Crippen molar-refractivity contribution >= 4 is 33.3 Å². The van der Waals surface area contributed by atoms with Crippen LogP contribution >= 0.6 is 11.3 Å². The van der Waals surface area contributed by atoms with Crippen LogP contribution in [0, 0.1) is 19.8 Å². The normalized spacial score (nSPS) is 26.0. The highest BCUT2D eigenvalue weighted by Gasteiger charge is 2.52. The third-order valence-corrected chi connectivity index (χ3v) is 8.79. The largest absolute Gasteiger partial charge is 0.390 e. The van der Waals surface area contributed by atoms with Crippen LogP contribution in [0.2, 0.25) is 0 Å². The van der Waals surface area contributed by atoms with Crippen LogP contribution in [-0.2, 0) is 4.74 Å². The van der Waals surface area contributed by atoms with Gasteiger partial charge in [0.15, 0.2) is 0 Å². The number of fused-ring (bicyclic) bond motifs is 1. The highest BCUT2D eigenvalue weighted by Crippen LogP contribution is 2.45. The average Bonchev–Trinajstić information content (AvgIpc) is 3.54. The van der Waals surface area contributed by atoms with E-state index in [9.17, 15) is 15.3 Å². The Hall–Kier alpha value is -2.44. The van der Waals surface area contributed by atoms with Crippen molar-refractivity contribution in [2.75, 3.05) is 24.4 Å². The second-order valence-corrected chi connectivity index (χ2v) is 11.5. The fraction of sp³-hybridized carbons (Fsp3) is 0.615. The Morgan fingerprint density at radius 1 is 1.14 bits per heavy atom. The number of pyridine rings is 1. The third-order valence-electron chi connectivity index (χ3n) is 7.75.